The molecule has 76 valence electrons. The zero-order valence-electron chi connectivity index (χ0n) is 8.63. The van der Waals surface area contributed by atoms with Crippen molar-refractivity contribution in [3.63, 3.8) is 0 Å². The molecule has 2 bridgehead atoms. The Morgan fingerprint density at radius 2 is 1.00 bits per heavy atom. The topological polar surface area (TPSA) is 9.23 Å². The van der Waals surface area contributed by atoms with E-state index < -0.39 is 0 Å². The highest BCUT2D eigenvalue weighted by molar-refractivity contribution is 4.74. The summed E-state index contributed by atoms with van der Waals surface area (Å²) in [6.45, 7) is 0. The molecule has 0 aromatic carbocycles. The predicted molar refractivity (Wildman–Crippen MR) is 54.8 cm³/mol. The van der Waals surface area contributed by atoms with E-state index in [9.17, 15) is 0 Å². The van der Waals surface area contributed by atoms with Gasteiger partial charge in [0, 0.05) is 0 Å². The predicted octanol–water partition coefficient (Wildman–Crippen LogP) is 3.67. The van der Waals surface area contributed by atoms with Gasteiger partial charge in [-0.1, -0.05) is 38.5 Å². The lowest BCUT2D eigenvalue weighted by atomic mass is 10.0. The van der Waals surface area contributed by atoms with Gasteiger partial charge in [-0.3, -0.25) is 0 Å². The van der Waals surface area contributed by atoms with Crippen LogP contribution in [0.5, 0.6) is 0 Å². The summed E-state index contributed by atoms with van der Waals surface area (Å²) >= 11 is 0. The fourth-order valence-corrected chi connectivity index (χ4v) is 2.66. The minimum absolute atomic E-state index is 0.628. The van der Waals surface area contributed by atoms with Gasteiger partial charge >= 0.3 is 0 Å². The molecule has 2 rings (SSSR count). The first-order valence-electron chi connectivity index (χ1n) is 6.10. The number of hydrogen-bond acceptors (Lipinski definition) is 1. The van der Waals surface area contributed by atoms with E-state index in [1.54, 1.807) is 0 Å². The Balaban J connectivity index is 1.79. The van der Waals surface area contributed by atoms with E-state index in [0.717, 1.165) is 0 Å². The molecule has 0 saturated carbocycles. The average molecular weight is 182 g/mol. The first-order chi connectivity index (χ1) is 6.45. The summed E-state index contributed by atoms with van der Waals surface area (Å²) in [6, 6.07) is 0. The van der Waals surface area contributed by atoms with Crippen LogP contribution >= 0.6 is 0 Å². The fraction of sp³-hybridized carbons (Fsp3) is 1.00. The maximum absolute atomic E-state index is 5.99. The third-order valence-electron chi connectivity index (χ3n) is 3.50. The van der Waals surface area contributed by atoms with Crippen LogP contribution in [-0.4, -0.2) is 12.2 Å². The van der Waals surface area contributed by atoms with Gasteiger partial charge in [0.2, 0.25) is 0 Å². The maximum Gasteiger partial charge on any atom is 0.0579 e. The van der Waals surface area contributed by atoms with Gasteiger partial charge in [-0.15, -0.1) is 0 Å². The van der Waals surface area contributed by atoms with Crippen LogP contribution in [0.25, 0.3) is 0 Å². The highest BCUT2D eigenvalue weighted by Gasteiger charge is 2.24. The summed E-state index contributed by atoms with van der Waals surface area (Å²) in [5.74, 6) is 0. The SMILES string of the molecule is C1CCCCC2CCC(CCC1)O2. The maximum atomic E-state index is 5.99. The van der Waals surface area contributed by atoms with Crippen LogP contribution in [0.3, 0.4) is 0 Å². The fourth-order valence-electron chi connectivity index (χ4n) is 2.66. The lowest BCUT2D eigenvalue weighted by molar-refractivity contribution is 0.0345. The molecular formula is C12H22O. The average Bonchev–Trinajstić information content (AvgIpc) is 2.52. The summed E-state index contributed by atoms with van der Waals surface area (Å²) in [4.78, 5) is 0. The molecule has 0 radical (unpaired) electrons. The number of ether oxygens (including phenoxy) is 1. The molecule has 2 aliphatic rings. The van der Waals surface area contributed by atoms with Crippen molar-refractivity contribution in [2.24, 2.45) is 0 Å². The third kappa shape index (κ3) is 2.98. The van der Waals surface area contributed by atoms with Crippen molar-refractivity contribution in [2.45, 2.75) is 76.4 Å². The van der Waals surface area contributed by atoms with Gasteiger partial charge in [0.15, 0.2) is 0 Å². The smallest absolute Gasteiger partial charge is 0.0579 e. The van der Waals surface area contributed by atoms with Crippen LogP contribution in [0.2, 0.25) is 0 Å². The molecule has 0 N–H and O–H groups in total. The zero-order chi connectivity index (χ0) is 8.93. The Hall–Kier alpha value is -0.0400. The van der Waals surface area contributed by atoms with E-state index in [1.165, 1.54) is 64.2 Å². The van der Waals surface area contributed by atoms with Crippen molar-refractivity contribution >= 4 is 0 Å². The normalized spacial score (nSPS) is 36.9. The second-order valence-corrected chi connectivity index (χ2v) is 4.66. The monoisotopic (exact) mass is 182 g/mol. The van der Waals surface area contributed by atoms with Gasteiger partial charge in [0.05, 0.1) is 12.2 Å². The standard InChI is InChI=1S/C12H22O/c1-2-4-6-8-12-10-9-11(13-12)7-5-3-1/h11-12H,1-10H2. The van der Waals surface area contributed by atoms with E-state index in [0.29, 0.717) is 12.2 Å². The molecule has 0 spiro atoms. The lowest BCUT2D eigenvalue weighted by Crippen LogP contribution is -2.10. The minimum atomic E-state index is 0.628. The molecule has 2 fully saturated rings. The minimum Gasteiger partial charge on any atom is -0.375 e. The van der Waals surface area contributed by atoms with E-state index >= 15 is 0 Å². The summed E-state index contributed by atoms with van der Waals surface area (Å²) in [6.07, 6.45) is 15.2. The van der Waals surface area contributed by atoms with Crippen LogP contribution < -0.4 is 0 Å². The van der Waals surface area contributed by atoms with Crippen LogP contribution in [0, 0.1) is 0 Å². The molecule has 2 unspecified atom stereocenters. The molecule has 0 aliphatic carbocycles. The molecule has 1 nitrogen and oxygen atoms in total. The highest BCUT2D eigenvalue weighted by Crippen LogP contribution is 2.28. The first kappa shape index (κ1) is 9.51. The van der Waals surface area contributed by atoms with E-state index in [4.69, 9.17) is 4.74 Å². The van der Waals surface area contributed by atoms with Crippen molar-refractivity contribution in [3.05, 3.63) is 0 Å². The molecule has 2 heterocycles. The van der Waals surface area contributed by atoms with Crippen molar-refractivity contribution in [1.82, 2.24) is 0 Å². The molecule has 0 aromatic heterocycles. The van der Waals surface area contributed by atoms with E-state index in [1.807, 2.05) is 0 Å². The molecule has 2 saturated heterocycles. The first-order valence-corrected chi connectivity index (χ1v) is 6.10. The Kier molecular flexibility index (Phi) is 3.65. The van der Waals surface area contributed by atoms with Gasteiger partial charge in [-0.05, 0) is 25.7 Å². The highest BCUT2D eigenvalue weighted by atomic mass is 16.5. The van der Waals surface area contributed by atoms with E-state index in [-0.39, 0.29) is 0 Å². The number of fused-ring (bicyclic) bond motifs is 2. The lowest BCUT2D eigenvalue weighted by Gasteiger charge is -2.12. The van der Waals surface area contributed by atoms with Crippen LogP contribution in [0.15, 0.2) is 0 Å². The van der Waals surface area contributed by atoms with Crippen molar-refractivity contribution in [1.29, 1.82) is 0 Å². The second kappa shape index (κ2) is 4.99. The molecule has 0 amide bonds. The molecule has 1 heteroatoms. The van der Waals surface area contributed by atoms with E-state index in [2.05, 4.69) is 0 Å². The summed E-state index contributed by atoms with van der Waals surface area (Å²) in [5, 5.41) is 0. The molecule has 2 aliphatic heterocycles. The van der Waals surface area contributed by atoms with Crippen molar-refractivity contribution in [2.75, 3.05) is 0 Å². The molecule has 13 heavy (non-hydrogen) atoms. The van der Waals surface area contributed by atoms with Gasteiger partial charge in [-0.25, -0.2) is 0 Å². The van der Waals surface area contributed by atoms with Crippen molar-refractivity contribution in [3.8, 4) is 0 Å². The molecule has 2 atom stereocenters. The van der Waals surface area contributed by atoms with Crippen LogP contribution in [-0.2, 0) is 4.74 Å². The largest absolute Gasteiger partial charge is 0.375 e. The van der Waals surface area contributed by atoms with Gasteiger partial charge in [0.1, 0.15) is 0 Å². The Bertz CT molecular complexity index is 128. The van der Waals surface area contributed by atoms with Crippen molar-refractivity contribution < 1.29 is 4.74 Å². The molecule has 0 aromatic rings. The number of rotatable bonds is 0. The summed E-state index contributed by atoms with van der Waals surface area (Å²) in [5.41, 5.74) is 0. The quantitative estimate of drug-likeness (QED) is 0.555. The zero-order valence-corrected chi connectivity index (χ0v) is 8.63. The Labute approximate surface area is 81.9 Å². The summed E-state index contributed by atoms with van der Waals surface area (Å²) < 4.78 is 5.99. The van der Waals surface area contributed by atoms with Gasteiger partial charge in [-0.2, -0.15) is 0 Å². The van der Waals surface area contributed by atoms with Gasteiger partial charge in [0.25, 0.3) is 0 Å². The third-order valence-corrected chi connectivity index (χ3v) is 3.50. The molecular weight excluding hydrogens is 160 g/mol. The van der Waals surface area contributed by atoms with Gasteiger partial charge < -0.3 is 4.74 Å². The van der Waals surface area contributed by atoms with Crippen LogP contribution in [0.1, 0.15) is 64.2 Å². The second-order valence-electron chi connectivity index (χ2n) is 4.66. The number of hydrogen-bond donors (Lipinski definition) is 0. The Morgan fingerprint density at radius 1 is 0.538 bits per heavy atom. The van der Waals surface area contributed by atoms with Crippen LogP contribution in [0.4, 0.5) is 0 Å². The Morgan fingerprint density at radius 3 is 1.54 bits per heavy atom. The summed E-state index contributed by atoms with van der Waals surface area (Å²) in [7, 11) is 0.